The average Bonchev–Trinajstić information content (AvgIpc) is 2.03. The van der Waals surface area contributed by atoms with E-state index < -0.39 is 8.07 Å². The maximum absolute atomic E-state index is 2.65. The average molecular weight is 200 g/mol. The predicted molar refractivity (Wildman–Crippen MR) is 61.9 cm³/mol. The Hall–Kier alpha value is 0.137. The number of likely N-dealkylation sites (N-methyl/N-ethyl adjacent to an activating group) is 1. The second-order valence-corrected chi connectivity index (χ2v) is 10.7. The second kappa shape index (κ2) is 4.58. The quantitative estimate of drug-likeness (QED) is 0.637. The van der Waals surface area contributed by atoms with Gasteiger partial charge in [0.05, 0.1) is 8.07 Å². The molecule has 1 heterocycles. The van der Waals surface area contributed by atoms with Gasteiger partial charge in [-0.25, -0.2) is 0 Å². The van der Waals surface area contributed by atoms with Gasteiger partial charge in [-0.15, -0.1) is 0 Å². The summed E-state index contributed by atoms with van der Waals surface area (Å²) in [6, 6.07) is 0. The molecule has 1 fully saturated rings. The van der Waals surface area contributed by atoms with Crippen LogP contribution in [0.3, 0.4) is 0 Å². The van der Waals surface area contributed by atoms with Crippen LogP contribution < -0.4 is 0 Å². The van der Waals surface area contributed by atoms with E-state index in [1.165, 1.54) is 38.9 Å². The van der Waals surface area contributed by atoms with Gasteiger partial charge < -0.3 is 9.80 Å². The van der Waals surface area contributed by atoms with Gasteiger partial charge in [-0.2, -0.15) is 0 Å². The molecule has 0 amide bonds. The molecule has 0 N–H and O–H groups in total. The lowest BCUT2D eigenvalue weighted by Crippen LogP contribution is -2.50. The van der Waals surface area contributed by atoms with Crippen molar-refractivity contribution in [3.05, 3.63) is 0 Å². The van der Waals surface area contributed by atoms with E-state index in [0.29, 0.717) is 0 Å². The third-order valence-corrected chi connectivity index (χ3v) is 4.01. The van der Waals surface area contributed by atoms with Crippen molar-refractivity contribution in [2.24, 2.45) is 0 Å². The molecule has 1 aliphatic rings. The van der Waals surface area contributed by atoms with Crippen LogP contribution in [0.25, 0.3) is 0 Å². The highest BCUT2D eigenvalue weighted by molar-refractivity contribution is 6.76. The summed E-state index contributed by atoms with van der Waals surface area (Å²) in [6.07, 6.45) is 1.38. The van der Waals surface area contributed by atoms with E-state index in [4.69, 9.17) is 0 Å². The van der Waals surface area contributed by atoms with Crippen molar-refractivity contribution < 1.29 is 0 Å². The largest absolute Gasteiger partial charge is 0.304 e. The molecule has 0 bridgehead atoms. The number of hydrogen-bond acceptors (Lipinski definition) is 2. The van der Waals surface area contributed by atoms with E-state index in [9.17, 15) is 0 Å². The minimum atomic E-state index is -0.869. The Morgan fingerprint density at radius 1 is 0.923 bits per heavy atom. The second-order valence-electron chi connectivity index (χ2n) is 5.27. The van der Waals surface area contributed by atoms with Gasteiger partial charge in [-0.1, -0.05) is 26.6 Å². The first-order chi connectivity index (χ1) is 6.01. The Morgan fingerprint density at radius 3 is 1.77 bits per heavy atom. The smallest absolute Gasteiger partial charge is 0.0599 e. The zero-order valence-electron chi connectivity index (χ0n) is 9.64. The maximum atomic E-state index is 2.65. The van der Waals surface area contributed by atoms with E-state index in [0.717, 1.165) is 0 Å². The molecular weight excluding hydrogens is 176 g/mol. The van der Waals surface area contributed by atoms with Crippen molar-refractivity contribution in [1.82, 2.24) is 9.80 Å². The molecule has 0 atom stereocenters. The van der Waals surface area contributed by atoms with Crippen molar-refractivity contribution in [2.45, 2.75) is 26.6 Å². The molecule has 13 heavy (non-hydrogen) atoms. The van der Waals surface area contributed by atoms with E-state index in [1.807, 2.05) is 0 Å². The standard InChI is InChI=1S/C10H24N2Si/c1-5-11-6-8-12(9-7-11)10-13(2,3)4/h5-10H2,1-4H3. The molecule has 1 rings (SSSR count). The molecule has 1 aliphatic heterocycles. The highest BCUT2D eigenvalue weighted by Crippen LogP contribution is 2.07. The molecule has 2 nitrogen and oxygen atoms in total. The highest BCUT2D eigenvalue weighted by atomic mass is 28.3. The fourth-order valence-electron chi connectivity index (χ4n) is 1.93. The van der Waals surface area contributed by atoms with Crippen molar-refractivity contribution in [3.8, 4) is 0 Å². The molecular formula is C10H24N2Si. The number of piperazine rings is 1. The molecule has 0 aromatic heterocycles. The summed E-state index contributed by atoms with van der Waals surface area (Å²) < 4.78 is 0. The zero-order chi connectivity index (χ0) is 9.90. The van der Waals surface area contributed by atoms with Crippen molar-refractivity contribution in [2.75, 3.05) is 38.9 Å². The van der Waals surface area contributed by atoms with E-state index in [1.54, 1.807) is 0 Å². The molecule has 0 unspecified atom stereocenters. The van der Waals surface area contributed by atoms with Crippen LogP contribution >= 0.6 is 0 Å². The Bertz CT molecular complexity index is 145. The van der Waals surface area contributed by atoms with E-state index in [2.05, 4.69) is 36.4 Å². The first-order valence-corrected chi connectivity index (χ1v) is 9.17. The fourth-order valence-corrected chi connectivity index (χ4v) is 3.59. The molecule has 0 aromatic carbocycles. The molecule has 0 spiro atoms. The predicted octanol–water partition coefficient (Wildman–Crippen LogP) is 1.50. The summed E-state index contributed by atoms with van der Waals surface area (Å²) in [5.41, 5.74) is 0. The highest BCUT2D eigenvalue weighted by Gasteiger charge is 2.21. The Labute approximate surface area is 83.9 Å². The third-order valence-electron chi connectivity index (χ3n) is 2.61. The minimum Gasteiger partial charge on any atom is -0.304 e. The Morgan fingerprint density at radius 2 is 1.38 bits per heavy atom. The van der Waals surface area contributed by atoms with Crippen molar-refractivity contribution in [1.29, 1.82) is 0 Å². The van der Waals surface area contributed by atoms with Crippen molar-refractivity contribution >= 4 is 8.07 Å². The first kappa shape index (κ1) is 11.2. The molecule has 0 radical (unpaired) electrons. The normalized spacial score (nSPS) is 22.2. The monoisotopic (exact) mass is 200 g/mol. The van der Waals surface area contributed by atoms with Crippen LogP contribution in [0.15, 0.2) is 0 Å². The number of nitrogens with zero attached hydrogens (tertiary/aromatic N) is 2. The summed E-state index contributed by atoms with van der Waals surface area (Å²) in [4.78, 5) is 5.19. The molecule has 1 saturated heterocycles. The van der Waals surface area contributed by atoms with Gasteiger partial charge in [0.15, 0.2) is 0 Å². The van der Waals surface area contributed by atoms with Crippen molar-refractivity contribution in [3.63, 3.8) is 0 Å². The van der Waals surface area contributed by atoms with Gasteiger partial charge in [0, 0.05) is 26.2 Å². The number of rotatable bonds is 3. The summed E-state index contributed by atoms with van der Waals surface area (Å²) in [5.74, 6) is 0. The lowest BCUT2D eigenvalue weighted by molar-refractivity contribution is 0.152. The van der Waals surface area contributed by atoms with Gasteiger partial charge in [0.25, 0.3) is 0 Å². The molecule has 78 valence electrons. The summed E-state index contributed by atoms with van der Waals surface area (Å²) in [5, 5.41) is 0. The van der Waals surface area contributed by atoms with Crippen LogP contribution in [0, 0.1) is 0 Å². The summed E-state index contributed by atoms with van der Waals surface area (Å²) in [6.45, 7) is 16.0. The zero-order valence-corrected chi connectivity index (χ0v) is 10.6. The van der Waals surface area contributed by atoms with E-state index >= 15 is 0 Å². The maximum Gasteiger partial charge on any atom is 0.0599 e. The Balaban J connectivity index is 2.25. The summed E-state index contributed by atoms with van der Waals surface area (Å²) >= 11 is 0. The lowest BCUT2D eigenvalue weighted by Gasteiger charge is -2.36. The SMILES string of the molecule is CCN1CCN(C[Si](C)(C)C)CC1. The van der Waals surface area contributed by atoms with Crippen LogP contribution in [-0.2, 0) is 0 Å². The Kier molecular flexibility index (Phi) is 3.95. The van der Waals surface area contributed by atoms with Gasteiger partial charge in [-0.3, -0.25) is 0 Å². The lowest BCUT2D eigenvalue weighted by atomic mass is 10.3. The topological polar surface area (TPSA) is 6.48 Å². The van der Waals surface area contributed by atoms with E-state index in [-0.39, 0.29) is 0 Å². The molecule has 3 heteroatoms. The molecule has 0 aromatic rings. The van der Waals surface area contributed by atoms with Gasteiger partial charge in [0.2, 0.25) is 0 Å². The van der Waals surface area contributed by atoms with Gasteiger partial charge in [-0.05, 0) is 12.7 Å². The third kappa shape index (κ3) is 4.25. The van der Waals surface area contributed by atoms with Crippen LogP contribution in [-0.4, -0.2) is 56.8 Å². The van der Waals surface area contributed by atoms with Crippen LogP contribution in [0.4, 0.5) is 0 Å². The number of hydrogen-bond donors (Lipinski definition) is 0. The van der Waals surface area contributed by atoms with Gasteiger partial charge >= 0.3 is 0 Å². The minimum absolute atomic E-state index is 0.869. The van der Waals surface area contributed by atoms with Crippen LogP contribution in [0.1, 0.15) is 6.92 Å². The van der Waals surface area contributed by atoms with Gasteiger partial charge in [0.1, 0.15) is 0 Å². The molecule has 0 saturated carbocycles. The fraction of sp³-hybridized carbons (Fsp3) is 1.00. The van der Waals surface area contributed by atoms with Crippen LogP contribution in [0.2, 0.25) is 19.6 Å². The summed E-state index contributed by atoms with van der Waals surface area (Å²) in [7, 11) is -0.869. The molecule has 0 aliphatic carbocycles. The van der Waals surface area contributed by atoms with Crippen LogP contribution in [0.5, 0.6) is 0 Å². The first-order valence-electron chi connectivity index (χ1n) is 5.46.